The van der Waals surface area contributed by atoms with E-state index in [4.69, 9.17) is 10.5 Å². The molecule has 0 saturated carbocycles. The largest absolute Gasteiger partial charge is 0.388 e. The molecule has 7 nitrogen and oxygen atoms in total. The predicted octanol–water partition coefficient (Wildman–Crippen LogP) is 0.265. The van der Waals surface area contributed by atoms with Gasteiger partial charge in [-0.1, -0.05) is 0 Å². The van der Waals surface area contributed by atoms with E-state index in [0.29, 0.717) is 49.9 Å². The van der Waals surface area contributed by atoms with E-state index in [1.165, 1.54) is 0 Å². The van der Waals surface area contributed by atoms with Crippen LogP contribution in [0.3, 0.4) is 0 Å². The molecule has 1 aliphatic heterocycles. The van der Waals surface area contributed by atoms with Crippen LogP contribution in [0, 0.1) is 0 Å². The van der Waals surface area contributed by atoms with Crippen LogP contribution in [0.5, 0.6) is 0 Å². The number of imidazole rings is 1. The second kappa shape index (κ2) is 4.67. The van der Waals surface area contributed by atoms with Gasteiger partial charge in [0.25, 0.3) is 0 Å². The summed E-state index contributed by atoms with van der Waals surface area (Å²) < 4.78 is 7.06. The third-order valence-electron chi connectivity index (χ3n) is 3.40. The molecule has 3 heterocycles. The Bertz CT molecular complexity index is 577. The standard InChI is InChI=1S/C12H17N5O2/c13-9-7-17-4-3-14-11(17)10(16-9)15-8-12(18)1-5-19-6-2-12/h3-4,7,18H,1-2,5-6,8,13H2,(H,15,16). The molecule has 0 atom stereocenters. The number of rotatable bonds is 3. The first-order chi connectivity index (χ1) is 9.16. The van der Waals surface area contributed by atoms with Crippen molar-refractivity contribution in [3.8, 4) is 0 Å². The van der Waals surface area contributed by atoms with Crippen LogP contribution >= 0.6 is 0 Å². The van der Waals surface area contributed by atoms with Gasteiger partial charge in [-0.15, -0.1) is 0 Å². The lowest BCUT2D eigenvalue weighted by molar-refractivity contribution is -0.0543. The average molecular weight is 263 g/mol. The summed E-state index contributed by atoms with van der Waals surface area (Å²) in [6.07, 6.45) is 6.43. The Morgan fingerprint density at radius 2 is 2.26 bits per heavy atom. The molecular formula is C12H17N5O2. The fourth-order valence-electron chi connectivity index (χ4n) is 2.25. The van der Waals surface area contributed by atoms with E-state index in [-0.39, 0.29) is 0 Å². The SMILES string of the molecule is Nc1cn2ccnc2c(NCC2(O)CCOCC2)n1. The van der Waals surface area contributed by atoms with Crippen LogP contribution in [0.15, 0.2) is 18.6 Å². The van der Waals surface area contributed by atoms with Gasteiger partial charge in [0, 0.05) is 45.0 Å². The number of ether oxygens (including phenoxy) is 1. The van der Waals surface area contributed by atoms with E-state index in [1.54, 1.807) is 16.8 Å². The Morgan fingerprint density at radius 3 is 3.05 bits per heavy atom. The zero-order valence-corrected chi connectivity index (χ0v) is 10.5. The normalized spacial score (nSPS) is 18.6. The summed E-state index contributed by atoms with van der Waals surface area (Å²) in [6, 6.07) is 0. The van der Waals surface area contributed by atoms with Crippen LogP contribution in [-0.2, 0) is 4.74 Å². The van der Waals surface area contributed by atoms with Crippen molar-refractivity contribution in [2.24, 2.45) is 0 Å². The number of hydrogen-bond donors (Lipinski definition) is 3. The van der Waals surface area contributed by atoms with Gasteiger partial charge in [0.1, 0.15) is 5.82 Å². The first-order valence-electron chi connectivity index (χ1n) is 6.29. The molecule has 1 aliphatic rings. The molecule has 0 amide bonds. The van der Waals surface area contributed by atoms with Gasteiger partial charge in [-0.25, -0.2) is 9.97 Å². The van der Waals surface area contributed by atoms with Gasteiger partial charge in [-0.3, -0.25) is 0 Å². The molecule has 0 spiro atoms. The molecule has 19 heavy (non-hydrogen) atoms. The van der Waals surface area contributed by atoms with Gasteiger partial charge >= 0.3 is 0 Å². The van der Waals surface area contributed by atoms with Crippen LogP contribution in [-0.4, -0.2) is 44.8 Å². The van der Waals surface area contributed by atoms with Crippen molar-refractivity contribution in [2.45, 2.75) is 18.4 Å². The van der Waals surface area contributed by atoms with Gasteiger partial charge in [-0.2, -0.15) is 0 Å². The quantitative estimate of drug-likeness (QED) is 0.735. The zero-order chi connectivity index (χ0) is 13.3. The summed E-state index contributed by atoms with van der Waals surface area (Å²) in [6.45, 7) is 1.58. The number of nitrogens with zero attached hydrogens (tertiary/aromatic N) is 3. The highest BCUT2D eigenvalue weighted by atomic mass is 16.5. The number of nitrogens with two attached hydrogens (primary N) is 1. The summed E-state index contributed by atoms with van der Waals surface area (Å²) in [5.74, 6) is 0.997. The molecular weight excluding hydrogens is 246 g/mol. The first kappa shape index (κ1) is 12.2. The predicted molar refractivity (Wildman–Crippen MR) is 70.9 cm³/mol. The molecule has 3 rings (SSSR count). The molecule has 0 aliphatic carbocycles. The van der Waals surface area contributed by atoms with E-state index in [0.717, 1.165) is 0 Å². The van der Waals surface area contributed by atoms with E-state index in [9.17, 15) is 5.11 Å². The lowest BCUT2D eigenvalue weighted by Crippen LogP contribution is -2.42. The fraction of sp³-hybridized carbons (Fsp3) is 0.500. The number of anilines is 2. The van der Waals surface area contributed by atoms with E-state index in [1.807, 2.05) is 6.20 Å². The minimum atomic E-state index is -0.756. The molecule has 0 bridgehead atoms. The lowest BCUT2D eigenvalue weighted by Gasteiger charge is -2.32. The maximum atomic E-state index is 10.4. The van der Waals surface area contributed by atoms with Crippen molar-refractivity contribution < 1.29 is 9.84 Å². The van der Waals surface area contributed by atoms with Gasteiger partial charge in [0.05, 0.1) is 11.8 Å². The summed E-state index contributed by atoms with van der Waals surface area (Å²) in [5, 5.41) is 13.5. The number of aromatic nitrogens is 3. The highest BCUT2D eigenvalue weighted by Crippen LogP contribution is 2.22. The molecule has 2 aromatic rings. The third-order valence-corrected chi connectivity index (χ3v) is 3.40. The topological polar surface area (TPSA) is 97.7 Å². The van der Waals surface area contributed by atoms with Crippen LogP contribution in [0.25, 0.3) is 5.65 Å². The molecule has 7 heteroatoms. The van der Waals surface area contributed by atoms with Crippen LogP contribution in [0.1, 0.15) is 12.8 Å². The third kappa shape index (κ3) is 2.47. The number of nitrogen functional groups attached to an aromatic ring is 1. The van der Waals surface area contributed by atoms with E-state index >= 15 is 0 Å². The van der Waals surface area contributed by atoms with Gasteiger partial charge in [-0.05, 0) is 0 Å². The summed E-state index contributed by atoms with van der Waals surface area (Å²) in [7, 11) is 0. The zero-order valence-electron chi connectivity index (χ0n) is 10.5. The Balaban J connectivity index is 1.79. The molecule has 102 valence electrons. The van der Waals surface area contributed by atoms with E-state index < -0.39 is 5.60 Å². The number of fused-ring (bicyclic) bond motifs is 1. The minimum Gasteiger partial charge on any atom is -0.388 e. The average Bonchev–Trinajstić information content (AvgIpc) is 2.85. The monoisotopic (exact) mass is 263 g/mol. The minimum absolute atomic E-state index is 0.409. The van der Waals surface area contributed by atoms with Crippen molar-refractivity contribution in [1.29, 1.82) is 0 Å². The molecule has 1 fully saturated rings. The highest BCUT2D eigenvalue weighted by Gasteiger charge is 2.29. The lowest BCUT2D eigenvalue weighted by atomic mass is 9.94. The van der Waals surface area contributed by atoms with Crippen molar-refractivity contribution in [3.05, 3.63) is 18.6 Å². The summed E-state index contributed by atoms with van der Waals surface area (Å²) in [5.41, 5.74) is 5.69. The second-order valence-electron chi connectivity index (χ2n) is 4.86. The van der Waals surface area contributed by atoms with Crippen molar-refractivity contribution in [1.82, 2.24) is 14.4 Å². The molecule has 0 unspecified atom stereocenters. The highest BCUT2D eigenvalue weighted by molar-refractivity contribution is 5.64. The molecule has 4 N–H and O–H groups in total. The maximum absolute atomic E-state index is 10.4. The van der Waals surface area contributed by atoms with Gasteiger partial charge in [0.2, 0.25) is 0 Å². The molecule has 2 aromatic heterocycles. The van der Waals surface area contributed by atoms with Crippen LogP contribution in [0.2, 0.25) is 0 Å². The first-order valence-corrected chi connectivity index (χ1v) is 6.29. The van der Waals surface area contributed by atoms with Crippen molar-refractivity contribution in [2.75, 3.05) is 30.8 Å². The van der Waals surface area contributed by atoms with Crippen molar-refractivity contribution >= 4 is 17.3 Å². The van der Waals surface area contributed by atoms with Crippen molar-refractivity contribution in [3.63, 3.8) is 0 Å². The maximum Gasteiger partial charge on any atom is 0.180 e. The van der Waals surface area contributed by atoms with Crippen LogP contribution < -0.4 is 11.1 Å². The molecule has 0 radical (unpaired) electrons. The van der Waals surface area contributed by atoms with Gasteiger partial charge < -0.3 is 25.3 Å². The second-order valence-corrected chi connectivity index (χ2v) is 4.86. The summed E-state index contributed by atoms with van der Waals surface area (Å²) >= 11 is 0. The van der Waals surface area contributed by atoms with Gasteiger partial charge in [0.15, 0.2) is 11.5 Å². The Hall–Kier alpha value is -1.86. The number of nitrogens with one attached hydrogen (secondary N) is 1. The summed E-state index contributed by atoms with van der Waals surface area (Å²) in [4.78, 5) is 8.45. The number of aliphatic hydroxyl groups is 1. The van der Waals surface area contributed by atoms with Crippen LogP contribution in [0.4, 0.5) is 11.6 Å². The smallest absolute Gasteiger partial charge is 0.180 e. The Morgan fingerprint density at radius 1 is 1.47 bits per heavy atom. The molecule has 0 aromatic carbocycles. The Labute approximate surface area is 110 Å². The van der Waals surface area contributed by atoms with E-state index in [2.05, 4.69) is 15.3 Å². The fourth-order valence-corrected chi connectivity index (χ4v) is 2.25. The number of hydrogen-bond acceptors (Lipinski definition) is 6. The Kier molecular flexibility index (Phi) is 3.00. The molecule has 1 saturated heterocycles.